The molecule has 0 saturated heterocycles. The number of hydrogen-bond acceptors (Lipinski definition) is 2. The van der Waals surface area contributed by atoms with Crippen molar-refractivity contribution in [3.8, 4) is 0 Å². The summed E-state index contributed by atoms with van der Waals surface area (Å²) in [5.74, 6) is 0. The van der Waals surface area contributed by atoms with E-state index in [1.54, 1.807) is 12.1 Å². The fourth-order valence-corrected chi connectivity index (χ4v) is 2.54. The van der Waals surface area contributed by atoms with E-state index >= 15 is 0 Å². The van der Waals surface area contributed by atoms with Crippen LogP contribution in [0.4, 0.5) is 13.2 Å². The lowest BCUT2D eigenvalue weighted by molar-refractivity contribution is -0.148. The molecule has 0 amide bonds. The lowest BCUT2D eigenvalue weighted by atomic mass is 9.97. The van der Waals surface area contributed by atoms with Gasteiger partial charge in [0.1, 0.15) is 0 Å². The maximum absolute atomic E-state index is 12.5. The van der Waals surface area contributed by atoms with Gasteiger partial charge in [0.2, 0.25) is 0 Å². The maximum atomic E-state index is 12.5. The summed E-state index contributed by atoms with van der Waals surface area (Å²) in [6, 6.07) is 6.45. The van der Waals surface area contributed by atoms with Gasteiger partial charge in [-0.25, -0.2) is 0 Å². The standard InChI is InChI=1S/C13H18BrF3N2/c1-3-11(18)12(19(2)8-13(15,16)17)9-5-4-6-10(14)7-9/h4-7,11-12H,3,8,18H2,1-2H3. The van der Waals surface area contributed by atoms with Crippen molar-refractivity contribution in [1.29, 1.82) is 0 Å². The summed E-state index contributed by atoms with van der Waals surface area (Å²) in [5, 5.41) is 0. The molecule has 0 aliphatic rings. The Balaban J connectivity index is 3.01. The first-order chi connectivity index (χ1) is 8.74. The van der Waals surface area contributed by atoms with Crippen LogP contribution in [0, 0.1) is 0 Å². The van der Waals surface area contributed by atoms with E-state index in [1.807, 2.05) is 19.1 Å². The minimum Gasteiger partial charge on any atom is -0.326 e. The van der Waals surface area contributed by atoms with Crippen molar-refractivity contribution in [2.45, 2.75) is 31.6 Å². The van der Waals surface area contributed by atoms with Crippen molar-refractivity contribution in [3.63, 3.8) is 0 Å². The van der Waals surface area contributed by atoms with E-state index in [0.717, 1.165) is 10.0 Å². The first kappa shape index (κ1) is 16.5. The predicted octanol–water partition coefficient (Wildman–Crippen LogP) is 3.72. The molecule has 0 radical (unpaired) electrons. The Hall–Kier alpha value is -0.590. The molecular weight excluding hydrogens is 321 g/mol. The van der Waals surface area contributed by atoms with Crippen LogP contribution in [0.5, 0.6) is 0 Å². The molecule has 6 heteroatoms. The van der Waals surface area contributed by atoms with E-state index < -0.39 is 18.8 Å². The van der Waals surface area contributed by atoms with Crippen LogP contribution in [0.25, 0.3) is 0 Å². The molecule has 0 fully saturated rings. The highest BCUT2D eigenvalue weighted by atomic mass is 79.9. The average molecular weight is 339 g/mol. The minimum atomic E-state index is -4.23. The quantitative estimate of drug-likeness (QED) is 0.886. The summed E-state index contributed by atoms with van der Waals surface area (Å²) < 4.78 is 38.4. The van der Waals surface area contributed by atoms with E-state index in [-0.39, 0.29) is 6.04 Å². The summed E-state index contributed by atoms with van der Waals surface area (Å²) in [7, 11) is 1.45. The topological polar surface area (TPSA) is 29.3 Å². The Morgan fingerprint density at radius 3 is 2.47 bits per heavy atom. The molecule has 0 spiro atoms. The van der Waals surface area contributed by atoms with Crippen LogP contribution in [0.1, 0.15) is 24.9 Å². The lowest BCUT2D eigenvalue weighted by Gasteiger charge is -2.33. The normalized spacial score (nSPS) is 15.6. The highest BCUT2D eigenvalue weighted by Crippen LogP contribution is 2.29. The first-order valence-corrected chi connectivity index (χ1v) is 6.82. The minimum absolute atomic E-state index is 0.346. The molecule has 0 bridgehead atoms. The Labute approximate surface area is 119 Å². The Kier molecular flexibility index (Phi) is 5.82. The van der Waals surface area contributed by atoms with Crippen LogP contribution in [-0.4, -0.2) is 30.7 Å². The maximum Gasteiger partial charge on any atom is 0.401 e. The molecule has 1 rings (SSSR count). The number of benzene rings is 1. The number of nitrogens with zero attached hydrogens (tertiary/aromatic N) is 1. The van der Waals surface area contributed by atoms with E-state index in [2.05, 4.69) is 15.9 Å². The van der Waals surface area contributed by atoms with Gasteiger partial charge in [0.25, 0.3) is 0 Å². The zero-order valence-corrected chi connectivity index (χ0v) is 12.5. The fourth-order valence-electron chi connectivity index (χ4n) is 2.12. The second-order valence-corrected chi connectivity index (χ2v) is 5.52. The lowest BCUT2D eigenvalue weighted by Crippen LogP contribution is -2.42. The van der Waals surface area contributed by atoms with Crippen molar-refractivity contribution < 1.29 is 13.2 Å². The van der Waals surface area contributed by atoms with Crippen molar-refractivity contribution in [2.75, 3.05) is 13.6 Å². The second-order valence-electron chi connectivity index (χ2n) is 4.60. The Bertz CT molecular complexity index is 409. The third-order valence-electron chi connectivity index (χ3n) is 2.97. The van der Waals surface area contributed by atoms with E-state index in [4.69, 9.17) is 5.73 Å². The van der Waals surface area contributed by atoms with Gasteiger partial charge in [-0.3, -0.25) is 4.90 Å². The van der Waals surface area contributed by atoms with Crippen molar-refractivity contribution in [1.82, 2.24) is 4.90 Å². The Morgan fingerprint density at radius 2 is 2.00 bits per heavy atom. The summed E-state index contributed by atoms with van der Waals surface area (Å²) in [5.41, 5.74) is 6.78. The number of alkyl halides is 3. The first-order valence-electron chi connectivity index (χ1n) is 6.02. The van der Waals surface area contributed by atoms with Gasteiger partial charge in [-0.2, -0.15) is 13.2 Å². The van der Waals surface area contributed by atoms with E-state index in [1.165, 1.54) is 11.9 Å². The highest BCUT2D eigenvalue weighted by Gasteiger charge is 2.34. The monoisotopic (exact) mass is 338 g/mol. The Morgan fingerprint density at radius 1 is 1.37 bits per heavy atom. The van der Waals surface area contributed by atoms with Crippen LogP contribution in [0.15, 0.2) is 28.7 Å². The third-order valence-corrected chi connectivity index (χ3v) is 3.46. The molecule has 1 aromatic rings. The molecule has 0 aromatic heterocycles. The van der Waals surface area contributed by atoms with Gasteiger partial charge in [-0.15, -0.1) is 0 Å². The average Bonchev–Trinajstić information content (AvgIpc) is 2.26. The molecule has 19 heavy (non-hydrogen) atoms. The highest BCUT2D eigenvalue weighted by molar-refractivity contribution is 9.10. The van der Waals surface area contributed by atoms with Crippen LogP contribution in [-0.2, 0) is 0 Å². The molecule has 0 aliphatic carbocycles. The van der Waals surface area contributed by atoms with Gasteiger partial charge in [0, 0.05) is 16.6 Å². The summed E-state index contributed by atoms with van der Waals surface area (Å²) >= 11 is 3.33. The number of nitrogens with two attached hydrogens (primary N) is 1. The van der Waals surface area contributed by atoms with E-state index in [0.29, 0.717) is 6.42 Å². The van der Waals surface area contributed by atoms with E-state index in [9.17, 15) is 13.2 Å². The number of rotatable bonds is 5. The molecule has 0 aliphatic heterocycles. The molecule has 0 saturated carbocycles. The molecule has 2 nitrogen and oxygen atoms in total. The number of likely N-dealkylation sites (N-methyl/N-ethyl adjacent to an activating group) is 1. The molecule has 1 aromatic carbocycles. The predicted molar refractivity (Wildman–Crippen MR) is 73.8 cm³/mol. The molecule has 2 atom stereocenters. The van der Waals surface area contributed by atoms with Crippen LogP contribution >= 0.6 is 15.9 Å². The van der Waals surface area contributed by atoms with Gasteiger partial charge in [-0.05, 0) is 31.2 Å². The molecule has 2 N–H and O–H groups in total. The molecule has 108 valence electrons. The number of halogens is 4. The van der Waals surface area contributed by atoms with Crippen LogP contribution in [0.3, 0.4) is 0 Å². The van der Waals surface area contributed by atoms with Crippen LogP contribution in [0.2, 0.25) is 0 Å². The van der Waals surface area contributed by atoms with Gasteiger partial charge in [-0.1, -0.05) is 35.0 Å². The van der Waals surface area contributed by atoms with Crippen molar-refractivity contribution in [2.24, 2.45) is 5.73 Å². The van der Waals surface area contributed by atoms with Gasteiger partial charge >= 0.3 is 6.18 Å². The second kappa shape index (κ2) is 6.72. The van der Waals surface area contributed by atoms with Gasteiger partial charge in [0.15, 0.2) is 0 Å². The third kappa shape index (κ3) is 5.12. The fraction of sp³-hybridized carbons (Fsp3) is 0.538. The largest absolute Gasteiger partial charge is 0.401 e. The summed E-state index contributed by atoms with van der Waals surface area (Å²) in [4.78, 5) is 1.26. The van der Waals surface area contributed by atoms with Crippen molar-refractivity contribution >= 4 is 15.9 Å². The van der Waals surface area contributed by atoms with Gasteiger partial charge in [0.05, 0.1) is 6.54 Å². The summed E-state index contributed by atoms with van der Waals surface area (Å²) in [6.45, 7) is 0.898. The zero-order chi connectivity index (χ0) is 14.6. The smallest absolute Gasteiger partial charge is 0.326 e. The van der Waals surface area contributed by atoms with Crippen LogP contribution < -0.4 is 5.73 Å². The SMILES string of the molecule is CCC(N)C(c1cccc(Br)c1)N(C)CC(F)(F)F. The van der Waals surface area contributed by atoms with Crippen molar-refractivity contribution in [3.05, 3.63) is 34.3 Å². The molecule has 0 heterocycles. The zero-order valence-electron chi connectivity index (χ0n) is 10.9. The molecular formula is C13H18BrF3N2. The molecule has 2 unspecified atom stereocenters. The summed E-state index contributed by atoms with van der Waals surface area (Å²) in [6.07, 6.45) is -3.62. The number of hydrogen-bond donors (Lipinski definition) is 1. The van der Waals surface area contributed by atoms with Gasteiger partial charge < -0.3 is 5.73 Å².